The van der Waals surface area contributed by atoms with Crippen LogP contribution in [0.15, 0.2) is 48.5 Å². The summed E-state index contributed by atoms with van der Waals surface area (Å²) < 4.78 is 21.0. The summed E-state index contributed by atoms with van der Waals surface area (Å²) >= 11 is 0. The smallest absolute Gasteiger partial charge is 0.259 e. The van der Waals surface area contributed by atoms with Gasteiger partial charge in [0.05, 0.1) is 18.8 Å². The monoisotopic (exact) mass is 345 g/mol. The van der Waals surface area contributed by atoms with Crippen LogP contribution in [0, 0.1) is 0 Å². The zero-order valence-corrected chi connectivity index (χ0v) is 14.5. The van der Waals surface area contributed by atoms with Crippen molar-refractivity contribution in [3.8, 4) is 11.5 Å². The summed E-state index contributed by atoms with van der Waals surface area (Å²) in [6.45, 7) is 1.85. The van der Waals surface area contributed by atoms with Crippen LogP contribution in [-0.2, 0) is 9.47 Å². The van der Waals surface area contributed by atoms with Gasteiger partial charge in [0.15, 0.2) is 0 Å². The van der Waals surface area contributed by atoms with Crippen LogP contribution in [0.1, 0.15) is 10.4 Å². The third-order valence-electron chi connectivity index (χ3n) is 3.35. The molecular weight excluding hydrogens is 322 g/mol. The van der Waals surface area contributed by atoms with Gasteiger partial charge in [-0.3, -0.25) is 4.79 Å². The number of hydrogen-bond donors (Lipinski definition) is 1. The molecule has 1 amide bonds. The normalized spacial score (nSPS) is 10.3. The molecular formula is C19H23NO5. The number of benzene rings is 2. The first-order valence-corrected chi connectivity index (χ1v) is 7.98. The molecule has 0 saturated carbocycles. The molecule has 0 unspecified atom stereocenters. The number of methoxy groups -OCH3 is 2. The Labute approximate surface area is 147 Å². The molecule has 0 fully saturated rings. The maximum atomic E-state index is 12.5. The molecule has 0 aliphatic rings. The first kappa shape index (κ1) is 18.8. The fourth-order valence-corrected chi connectivity index (χ4v) is 2.09. The maximum absolute atomic E-state index is 12.5. The Kier molecular flexibility index (Phi) is 7.75. The second-order valence-electron chi connectivity index (χ2n) is 5.16. The molecule has 0 bridgehead atoms. The van der Waals surface area contributed by atoms with Gasteiger partial charge < -0.3 is 24.3 Å². The number of anilines is 1. The summed E-state index contributed by atoms with van der Waals surface area (Å²) in [7, 11) is 3.23. The lowest BCUT2D eigenvalue weighted by molar-refractivity contribution is 0.101. The topological polar surface area (TPSA) is 66.0 Å². The minimum Gasteiger partial charge on any atom is -0.491 e. The zero-order valence-electron chi connectivity index (χ0n) is 14.5. The standard InChI is InChI=1S/C19H23NO5/c1-22-11-13-24-16-9-7-15(8-10-16)20-19(21)17-5-3-4-6-18(17)25-14-12-23-2/h3-10H,11-14H2,1-2H3,(H,20,21). The van der Waals surface area contributed by atoms with Crippen LogP contribution in [0.25, 0.3) is 0 Å². The summed E-state index contributed by atoms with van der Waals surface area (Å²) in [5.74, 6) is 1.01. The van der Waals surface area contributed by atoms with Gasteiger partial charge in [0.1, 0.15) is 24.7 Å². The summed E-state index contributed by atoms with van der Waals surface area (Å²) in [5, 5.41) is 2.85. The Morgan fingerprint density at radius 1 is 0.840 bits per heavy atom. The molecule has 0 aromatic heterocycles. The number of nitrogens with one attached hydrogen (secondary N) is 1. The average molecular weight is 345 g/mol. The van der Waals surface area contributed by atoms with Crippen molar-refractivity contribution in [3.05, 3.63) is 54.1 Å². The van der Waals surface area contributed by atoms with Gasteiger partial charge in [-0.25, -0.2) is 0 Å². The van der Waals surface area contributed by atoms with E-state index < -0.39 is 0 Å². The number of rotatable bonds is 10. The molecule has 0 aliphatic carbocycles. The number of carbonyl (C=O) groups excluding carboxylic acids is 1. The van der Waals surface area contributed by atoms with Crippen molar-refractivity contribution < 1.29 is 23.7 Å². The fraction of sp³-hybridized carbons (Fsp3) is 0.316. The van der Waals surface area contributed by atoms with Gasteiger partial charge in [-0.2, -0.15) is 0 Å². The lowest BCUT2D eigenvalue weighted by Crippen LogP contribution is -2.14. The number of ether oxygens (including phenoxy) is 4. The van der Waals surface area contributed by atoms with E-state index in [0.29, 0.717) is 43.4 Å². The molecule has 134 valence electrons. The lowest BCUT2D eigenvalue weighted by atomic mass is 10.2. The van der Waals surface area contributed by atoms with E-state index in [1.807, 2.05) is 6.07 Å². The van der Waals surface area contributed by atoms with Crippen LogP contribution in [0.2, 0.25) is 0 Å². The fourth-order valence-electron chi connectivity index (χ4n) is 2.09. The third-order valence-corrected chi connectivity index (χ3v) is 3.35. The molecule has 0 atom stereocenters. The molecule has 1 N–H and O–H groups in total. The van der Waals surface area contributed by atoms with Crippen molar-refractivity contribution in [1.29, 1.82) is 0 Å². The quantitative estimate of drug-likeness (QED) is 0.671. The summed E-state index contributed by atoms with van der Waals surface area (Å²) in [4.78, 5) is 12.5. The average Bonchev–Trinajstić information content (AvgIpc) is 2.64. The maximum Gasteiger partial charge on any atom is 0.259 e. The summed E-state index contributed by atoms with van der Waals surface area (Å²) in [5.41, 5.74) is 1.15. The highest BCUT2D eigenvalue weighted by atomic mass is 16.5. The highest BCUT2D eigenvalue weighted by Gasteiger charge is 2.12. The van der Waals surface area contributed by atoms with Crippen molar-refractivity contribution in [3.63, 3.8) is 0 Å². The van der Waals surface area contributed by atoms with Crippen LogP contribution in [0.4, 0.5) is 5.69 Å². The van der Waals surface area contributed by atoms with Gasteiger partial charge in [-0.15, -0.1) is 0 Å². The first-order valence-electron chi connectivity index (χ1n) is 7.98. The molecule has 0 heterocycles. The van der Waals surface area contributed by atoms with E-state index in [1.165, 1.54) is 0 Å². The van der Waals surface area contributed by atoms with E-state index in [9.17, 15) is 4.79 Å². The largest absolute Gasteiger partial charge is 0.491 e. The molecule has 0 aliphatic heterocycles. The SMILES string of the molecule is COCCOc1ccc(NC(=O)c2ccccc2OCCOC)cc1. The molecule has 6 nitrogen and oxygen atoms in total. The minimum absolute atomic E-state index is 0.235. The number of amides is 1. The second-order valence-corrected chi connectivity index (χ2v) is 5.16. The molecule has 2 aromatic rings. The van der Waals surface area contributed by atoms with Crippen molar-refractivity contribution in [2.24, 2.45) is 0 Å². The van der Waals surface area contributed by atoms with Crippen LogP contribution in [0.3, 0.4) is 0 Å². The highest BCUT2D eigenvalue weighted by Crippen LogP contribution is 2.21. The van der Waals surface area contributed by atoms with Crippen molar-refractivity contribution in [2.75, 3.05) is 46.0 Å². The molecule has 0 radical (unpaired) electrons. The molecule has 0 saturated heterocycles. The van der Waals surface area contributed by atoms with E-state index in [2.05, 4.69) is 5.32 Å². The van der Waals surface area contributed by atoms with E-state index >= 15 is 0 Å². The Hall–Kier alpha value is -2.57. The first-order chi connectivity index (χ1) is 12.2. The predicted molar refractivity (Wildman–Crippen MR) is 95.6 cm³/mol. The predicted octanol–water partition coefficient (Wildman–Crippen LogP) is 2.99. The minimum atomic E-state index is -0.235. The van der Waals surface area contributed by atoms with Crippen molar-refractivity contribution in [2.45, 2.75) is 0 Å². The van der Waals surface area contributed by atoms with Gasteiger partial charge in [0.2, 0.25) is 0 Å². The molecule has 25 heavy (non-hydrogen) atoms. The van der Waals surface area contributed by atoms with E-state index in [4.69, 9.17) is 18.9 Å². The Balaban J connectivity index is 1.97. The number of para-hydroxylation sites is 1. The molecule has 2 rings (SSSR count). The van der Waals surface area contributed by atoms with E-state index in [-0.39, 0.29) is 5.91 Å². The Morgan fingerprint density at radius 3 is 2.16 bits per heavy atom. The van der Waals surface area contributed by atoms with Crippen LogP contribution >= 0.6 is 0 Å². The van der Waals surface area contributed by atoms with Gasteiger partial charge >= 0.3 is 0 Å². The van der Waals surface area contributed by atoms with Gasteiger partial charge in [0, 0.05) is 19.9 Å². The lowest BCUT2D eigenvalue weighted by Gasteiger charge is -2.12. The summed E-state index contributed by atoms with van der Waals surface area (Å²) in [6, 6.07) is 14.3. The van der Waals surface area contributed by atoms with Gasteiger partial charge in [0.25, 0.3) is 5.91 Å². The number of carbonyl (C=O) groups is 1. The second kappa shape index (κ2) is 10.3. The zero-order chi connectivity index (χ0) is 17.9. The van der Waals surface area contributed by atoms with E-state index in [1.54, 1.807) is 56.7 Å². The Morgan fingerprint density at radius 2 is 1.48 bits per heavy atom. The molecule has 2 aromatic carbocycles. The van der Waals surface area contributed by atoms with Crippen molar-refractivity contribution >= 4 is 11.6 Å². The molecule has 0 spiro atoms. The number of hydrogen-bond acceptors (Lipinski definition) is 5. The van der Waals surface area contributed by atoms with Crippen LogP contribution < -0.4 is 14.8 Å². The third kappa shape index (κ3) is 6.10. The van der Waals surface area contributed by atoms with Crippen LogP contribution in [-0.4, -0.2) is 46.6 Å². The van der Waals surface area contributed by atoms with E-state index in [0.717, 1.165) is 5.75 Å². The highest BCUT2D eigenvalue weighted by molar-refractivity contribution is 6.06. The van der Waals surface area contributed by atoms with Crippen molar-refractivity contribution in [1.82, 2.24) is 0 Å². The summed E-state index contributed by atoms with van der Waals surface area (Å²) in [6.07, 6.45) is 0. The van der Waals surface area contributed by atoms with Gasteiger partial charge in [-0.05, 0) is 36.4 Å². The Bertz CT molecular complexity index is 657. The molecule has 6 heteroatoms. The van der Waals surface area contributed by atoms with Crippen LogP contribution in [0.5, 0.6) is 11.5 Å². The van der Waals surface area contributed by atoms with Gasteiger partial charge in [-0.1, -0.05) is 12.1 Å².